The fourth-order valence-electron chi connectivity index (χ4n) is 3.29. The van der Waals surface area contributed by atoms with E-state index in [2.05, 4.69) is 6.92 Å². The molecule has 0 aromatic rings. The first-order valence-electron chi connectivity index (χ1n) is 7.05. The van der Waals surface area contributed by atoms with Crippen molar-refractivity contribution < 1.29 is 9.84 Å². The molecule has 4 atom stereocenters. The van der Waals surface area contributed by atoms with Crippen molar-refractivity contribution in [1.29, 1.82) is 0 Å². The number of hydrogen-bond donors (Lipinski definition) is 1. The highest BCUT2D eigenvalue weighted by atomic mass is 16.5. The van der Waals surface area contributed by atoms with Crippen molar-refractivity contribution in [3.8, 4) is 0 Å². The maximum Gasteiger partial charge on any atom is 0.0599 e. The molecule has 2 aliphatic rings. The van der Waals surface area contributed by atoms with Crippen molar-refractivity contribution in [1.82, 2.24) is 0 Å². The lowest BCUT2D eigenvalue weighted by atomic mass is 9.78. The molecule has 0 aromatic carbocycles. The van der Waals surface area contributed by atoms with Gasteiger partial charge in [0.05, 0.1) is 12.2 Å². The predicted octanol–water partition coefficient (Wildman–Crippen LogP) is 3.13. The minimum Gasteiger partial charge on any atom is -0.393 e. The molecule has 2 rings (SSSR count). The minimum atomic E-state index is -0.120. The van der Waals surface area contributed by atoms with Crippen LogP contribution in [0.5, 0.6) is 0 Å². The van der Waals surface area contributed by atoms with Gasteiger partial charge in [-0.2, -0.15) is 0 Å². The van der Waals surface area contributed by atoms with E-state index in [9.17, 15) is 5.11 Å². The molecule has 2 fully saturated rings. The summed E-state index contributed by atoms with van der Waals surface area (Å²) in [5.74, 6) is 1.34. The van der Waals surface area contributed by atoms with Crippen LogP contribution in [0.2, 0.25) is 0 Å². The number of aliphatic hydroxyl groups excluding tert-OH is 1. The van der Waals surface area contributed by atoms with E-state index < -0.39 is 0 Å². The molecule has 0 amide bonds. The van der Waals surface area contributed by atoms with Crippen molar-refractivity contribution in [2.24, 2.45) is 11.8 Å². The highest BCUT2D eigenvalue weighted by Gasteiger charge is 2.28. The number of hydrogen-bond acceptors (Lipinski definition) is 2. The molecule has 1 heterocycles. The first-order valence-corrected chi connectivity index (χ1v) is 7.05. The zero-order chi connectivity index (χ0) is 11.4. The van der Waals surface area contributed by atoms with E-state index in [1.165, 1.54) is 38.5 Å². The fourth-order valence-corrected chi connectivity index (χ4v) is 3.29. The Morgan fingerprint density at radius 2 is 2.06 bits per heavy atom. The van der Waals surface area contributed by atoms with Crippen LogP contribution in [0.4, 0.5) is 0 Å². The quantitative estimate of drug-likeness (QED) is 0.801. The lowest BCUT2D eigenvalue weighted by molar-refractivity contribution is -0.0340. The highest BCUT2D eigenvalue weighted by Crippen LogP contribution is 2.33. The molecule has 0 bridgehead atoms. The zero-order valence-electron chi connectivity index (χ0n) is 10.5. The van der Waals surface area contributed by atoms with Gasteiger partial charge in [0.1, 0.15) is 0 Å². The van der Waals surface area contributed by atoms with Crippen molar-refractivity contribution in [2.75, 3.05) is 6.61 Å². The van der Waals surface area contributed by atoms with Crippen molar-refractivity contribution in [2.45, 2.75) is 70.5 Å². The molecule has 1 saturated carbocycles. The summed E-state index contributed by atoms with van der Waals surface area (Å²) >= 11 is 0. The first-order chi connectivity index (χ1) is 7.75. The number of ether oxygens (including phenoxy) is 1. The Balaban J connectivity index is 1.75. The van der Waals surface area contributed by atoms with Crippen LogP contribution in [0.15, 0.2) is 0 Å². The lowest BCUT2D eigenvalue weighted by Gasteiger charge is -2.33. The van der Waals surface area contributed by atoms with Gasteiger partial charge < -0.3 is 9.84 Å². The van der Waals surface area contributed by atoms with E-state index in [4.69, 9.17) is 4.74 Å². The van der Waals surface area contributed by atoms with Gasteiger partial charge in [-0.05, 0) is 50.4 Å². The van der Waals surface area contributed by atoms with Gasteiger partial charge in [0, 0.05) is 6.61 Å². The summed E-state index contributed by atoms with van der Waals surface area (Å²) in [6, 6.07) is 0. The van der Waals surface area contributed by atoms with E-state index in [0.29, 0.717) is 12.0 Å². The minimum absolute atomic E-state index is 0.120. The maximum atomic E-state index is 10.3. The van der Waals surface area contributed by atoms with Gasteiger partial charge in [0.15, 0.2) is 0 Å². The fraction of sp³-hybridized carbons (Fsp3) is 1.00. The van der Waals surface area contributed by atoms with Crippen LogP contribution < -0.4 is 0 Å². The van der Waals surface area contributed by atoms with E-state index >= 15 is 0 Å². The van der Waals surface area contributed by atoms with Gasteiger partial charge in [-0.25, -0.2) is 0 Å². The van der Waals surface area contributed by atoms with Crippen LogP contribution >= 0.6 is 0 Å². The van der Waals surface area contributed by atoms with Crippen molar-refractivity contribution in [3.05, 3.63) is 0 Å². The standard InChI is InChI=1S/C14H26O2/c1-11-5-4-6-12(9-11)14(15)10-13-7-2-3-8-16-13/h11-15H,2-10H2,1H3. The van der Waals surface area contributed by atoms with Crippen LogP contribution in [0.3, 0.4) is 0 Å². The summed E-state index contributed by atoms with van der Waals surface area (Å²) in [5, 5.41) is 10.3. The summed E-state index contributed by atoms with van der Waals surface area (Å²) in [6.07, 6.45) is 9.80. The van der Waals surface area contributed by atoms with E-state index in [0.717, 1.165) is 25.4 Å². The molecule has 0 radical (unpaired) electrons. The monoisotopic (exact) mass is 226 g/mol. The third kappa shape index (κ3) is 3.46. The Morgan fingerprint density at radius 1 is 1.19 bits per heavy atom. The highest BCUT2D eigenvalue weighted by molar-refractivity contribution is 4.79. The van der Waals surface area contributed by atoms with E-state index in [1.54, 1.807) is 0 Å². The Labute approximate surface area is 99.4 Å². The molecule has 1 saturated heterocycles. The second-order valence-electron chi connectivity index (χ2n) is 5.82. The molecule has 94 valence electrons. The molecular formula is C14H26O2. The van der Waals surface area contributed by atoms with Gasteiger partial charge in [0.2, 0.25) is 0 Å². The third-order valence-electron chi connectivity index (χ3n) is 4.30. The number of rotatable bonds is 3. The maximum absolute atomic E-state index is 10.3. The lowest BCUT2D eigenvalue weighted by Crippen LogP contribution is -2.31. The molecule has 1 N–H and O–H groups in total. The number of aliphatic hydroxyl groups is 1. The second kappa shape index (κ2) is 6.02. The Bertz CT molecular complexity index is 199. The average molecular weight is 226 g/mol. The van der Waals surface area contributed by atoms with Gasteiger partial charge >= 0.3 is 0 Å². The van der Waals surface area contributed by atoms with Crippen LogP contribution in [-0.2, 0) is 4.74 Å². The summed E-state index contributed by atoms with van der Waals surface area (Å²) in [7, 11) is 0. The first kappa shape index (κ1) is 12.4. The van der Waals surface area contributed by atoms with Crippen molar-refractivity contribution >= 4 is 0 Å². The zero-order valence-corrected chi connectivity index (χ0v) is 10.5. The molecule has 2 nitrogen and oxygen atoms in total. The molecule has 16 heavy (non-hydrogen) atoms. The SMILES string of the molecule is CC1CCCC(C(O)CC2CCCCO2)C1. The largest absolute Gasteiger partial charge is 0.393 e. The van der Waals surface area contributed by atoms with Crippen LogP contribution in [-0.4, -0.2) is 23.9 Å². The van der Waals surface area contributed by atoms with Gasteiger partial charge in [-0.1, -0.05) is 19.8 Å². The van der Waals surface area contributed by atoms with Gasteiger partial charge in [-0.3, -0.25) is 0 Å². The topological polar surface area (TPSA) is 29.5 Å². The van der Waals surface area contributed by atoms with Crippen LogP contribution in [0.1, 0.15) is 58.3 Å². The van der Waals surface area contributed by atoms with Crippen LogP contribution in [0, 0.1) is 11.8 Å². The summed E-state index contributed by atoms with van der Waals surface area (Å²) in [4.78, 5) is 0. The molecule has 2 heteroatoms. The van der Waals surface area contributed by atoms with E-state index in [-0.39, 0.29) is 6.10 Å². The van der Waals surface area contributed by atoms with Gasteiger partial charge in [0.25, 0.3) is 0 Å². The summed E-state index contributed by atoms with van der Waals surface area (Å²) in [6.45, 7) is 3.22. The third-order valence-corrected chi connectivity index (χ3v) is 4.30. The Morgan fingerprint density at radius 3 is 2.75 bits per heavy atom. The summed E-state index contributed by atoms with van der Waals surface area (Å²) < 4.78 is 5.71. The van der Waals surface area contributed by atoms with E-state index in [1.807, 2.05) is 0 Å². The normalized spacial score (nSPS) is 38.2. The molecular weight excluding hydrogens is 200 g/mol. The Hall–Kier alpha value is -0.0800. The summed E-state index contributed by atoms with van der Waals surface area (Å²) in [5.41, 5.74) is 0. The molecule has 4 unspecified atom stereocenters. The van der Waals surface area contributed by atoms with Gasteiger partial charge in [-0.15, -0.1) is 0 Å². The smallest absolute Gasteiger partial charge is 0.0599 e. The molecule has 1 aliphatic heterocycles. The molecule has 0 spiro atoms. The molecule has 0 aromatic heterocycles. The second-order valence-corrected chi connectivity index (χ2v) is 5.82. The van der Waals surface area contributed by atoms with Crippen molar-refractivity contribution in [3.63, 3.8) is 0 Å². The molecule has 1 aliphatic carbocycles. The predicted molar refractivity (Wildman–Crippen MR) is 65.3 cm³/mol. The van der Waals surface area contributed by atoms with Crippen LogP contribution in [0.25, 0.3) is 0 Å². The Kier molecular flexibility index (Phi) is 4.66. The average Bonchev–Trinajstić information content (AvgIpc) is 2.30.